The molecule has 3 rings (SSSR count). The molecule has 0 spiro atoms. The van der Waals surface area contributed by atoms with Crippen LogP contribution in [0.1, 0.15) is 38.9 Å². The van der Waals surface area contributed by atoms with E-state index in [0.717, 1.165) is 26.7 Å². The van der Waals surface area contributed by atoms with E-state index in [4.69, 9.17) is 5.73 Å². The highest BCUT2D eigenvalue weighted by Crippen LogP contribution is 2.28. The quantitative estimate of drug-likeness (QED) is 0.750. The van der Waals surface area contributed by atoms with Gasteiger partial charge >= 0.3 is 0 Å². The Morgan fingerprint density at radius 2 is 1.88 bits per heavy atom. The maximum atomic E-state index is 12.9. The molecule has 134 valence electrons. The molecule has 0 aliphatic rings. The van der Waals surface area contributed by atoms with E-state index in [-0.39, 0.29) is 11.9 Å². The van der Waals surface area contributed by atoms with Crippen molar-refractivity contribution in [3.8, 4) is 11.1 Å². The molecule has 0 fully saturated rings. The number of benzene rings is 1. The zero-order chi connectivity index (χ0) is 18.8. The van der Waals surface area contributed by atoms with Gasteiger partial charge in [0.25, 0.3) is 5.91 Å². The number of aryl methyl sites for hydroxylation is 2. The SMILES string of the molecule is Cc1nc(C(C)N(C)C(=O)c2ccc(-c3ccncc3N)cc2)c(C)s1. The summed E-state index contributed by atoms with van der Waals surface area (Å²) in [6.07, 6.45) is 3.33. The molecule has 1 aromatic carbocycles. The number of nitrogens with two attached hydrogens (primary N) is 1. The van der Waals surface area contributed by atoms with Crippen molar-refractivity contribution >= 4 is 22.9 Å². The number of rotatable bonds is 4. The van der Waals surface area contributed by atoms with Crippen LogP contribution in [0.25, 0.3) is 11.1 Å². The first kappa shape index (κ1) is 18.1. The lowest BCUT2D eigenvalue weighted by atomic mass is 10.0. The van der Waals surface area contributed by atoms with Crippen LogP contribution in [0.4, 0.5) is 5.69 Å². The summed E-state index contributed by atoms with van der Waals surface area (Å²) in [6, 6.07) is 9.28. The van der Waals surface area contributed by atoms with Gasteiger partial charge in [-0.2, -0.15) is 0 Å². The fraction of sp³-hybridized carbons (Fsp3) is 0.250. The largest absolute Gasteiger partial charge is 0.397 e. The molecule has 2 aromatic heterocycles. The van der Waals surface area contributed by atoms with Gasteiger partial charge in [-0.3, -0.25) is 9.78 Å². The molecule has 5 nitrogen and oxygen atoms in total. The number of carbonyl (C=O) groups is 1. The van der Waals surface area contributed by atoms with Gasteiger partial charge in [-0.15, -0.1) is 11.3 Å². The van der Waals surface area contributed by atoms with E-state index in [1.54, 1.807) is 28.6 Å². The Hall–Kier alpha value is -2.73. The predicted octanol–water partition coefficient (Wildman–Crippen LogP) is 4.24. The van der Waals surface area contributed by atoms with Gasteiger partial charge in [0.05, 0.1) is 28.6 Å². The van der Waals surface area contributed by atoms with Gasteiger partial charge in [0.2, 0.25) is 0 Å². The molecule has 2 heterocycles. The first-order chi connectivity index (χ1) is 12.4. The molecule has 2 N–H and O–H groups in total. The topological polar surface area (TPSA) is 72.1 Å². The Morgan fingerprint density at radius 3 is 2.46 bits per heavy atom. The van der Waals surface area contributed by atoms with Crippen molar-refractivity contribution in [2.75, 3.05) is 12.8 Å². The standard InChI is InChI=1S/C20H22N4OS/c1-12(19-13(2)26-14(3)23-19)24(4)20(25)16-7-5-15(6-8-16)17-9-10-22-11-18(17)21/h5-12H,21H2,1-4H3. The summed E-state index contributed by atoms with van der Waals surface area (Å²) in [7, 11) is 1.82. The third kappa shape index (κ3) is 3.46. The molecule has 26 heavy (non-hydrogen) atoms. The fourth-order valence-electron chi connectivity index (χ4n) is 2.96. The summed E-state index contributed by atoms with van der Waals surface area (Å²) in [5.74, 6) is -0.0307. The van der Waals surface area contributed by atoms with Gasteiger partial charge in [-0.05, 0) is 44.5 Å². The molecule has 6 heteroatoms. The number of thiazole rings is 1. The average molecular weight is 366 g/mol. The lowest BCUT2D eigenvalue weighted by Gasteiger charge is -2.24. The van der Waals surface area contributed by atoms with Crippen LogP contribution in [0, 0.1) is 13.8 Å². The van der Waals surface area contributed by atoms with E-state index >= 15 is 0 Å². The lowest BCUT2D eigenvalue weighted by Crippen LogP contribution is -2.30. The van der Waals surface area contributed by atoms with Crippen LogP contribution in [0.3, 0.4) is 0 Å². The molecule has 1 atom stereocenters. The highest BCUT2D eigenvalue weighted by molar-refractivity contribution is 7.11. The van der Waals surface area contributed by atoms with E-state index in [9.17, 15) is 4.79 Å². The molecule has 1 unspecified atom stereocenters. The minimum Gasteiger partial charge on any atom is -0.397 e. The fourth-order valence-corrected chi connectivity index (χ4v) is 3.87. The molecule has 0 saturated heterocycles. The third-order valence-corrected chi connectivity index (χ3v) is 5.43. The number of nitrogens with zero attached hydrogens (tertiary/aromatic N) is 3. The Balaban J connectivity index is 1.81. The van der Waals surface area contributed by atoms with Crippen molar-refractivity contribution < 1.29 is 4.79 Å². The minimum atomic E-state index is -0.0806. The highest BCUT2D eigenvalue weighted by Gasteiger charge is 2.22. The van der Waals surface area contributed by atoms with Gasteiger partial charge in [0, 0.05) is 29.2 Å². The van der Waals surface area contributed by atoms with Crippen LogP contribution in [-0.4, -0.2) is 27.8 Å². The van der Waals surface area contributed by atoms with E-state index in [1.807, 2.05) is 58.2 Å². The summed E-state index contributed by atoms with van der Waals surface area (Å²) in [5.41, 5.74) is 10.1. The number of nitrogen functional groups attached to an aromatic ring is 1. The third-order valence-electron chi connectivity index (χ3n) is 4.53. The Bertz CT molecular complexity index is 933. The smallest absolute Gasteiger partial charge is 0.254 e. The molecule has 1 amide bonds. The van der Waals surface area contributed by atoms with Gasteiger partial charge in [0.15, 0.2) is 0 Å². The maximum absolute atomic E-state index is 12.9. The van der Waals surface area contributed by atoms with Crippen LogP contribution >= 0.6 is 11.3 Å². The number of pyridine rings is 1. The summed E-state index contributed by atoms with van der Waals surface area (Å²) in [6.45, 7) is 6.04. The second kappa shape index (κ2) is 7.25. The number of amides is 1. The number of aromatic nitrogens is 2. The molecule has 0 saturated carbocycles. The Kier molecular flexibility index (Phi) is 5.04. The van der Waals surface area contributed by atoms with Crippen molar-refractivity contribution in [1.29, 1.82) is 0 Å². The van der Waals surface area contributed by atoms with Crippen molar-refractivity contribution in [3.63, 3.8) is 0 Å². The summed E-state index contributed by atoms with van der Waals surface area (Å²) in [5, 5.41) is 1.02. The van der Waals surface area contributed by atoms with Crippen LogP contribution in [0.2, 0.25) is 0 Å². The molecule has 0 radical (unpaired) electrons. The monoisotopic (exact) mass is 366 g/mol. The van der Waals surface area contributed by atoms with E-state index in [1.165, 1.54) is 0 Å². The molecule has 3 aromatic rings. The molecular formula is C20H22N4OS. The number of hydrogen-bond acceptors (Lipinski definition) is 5. The number of anilines is 1. The second-order valence-corrected chi connectivity index (χ2v) is 7.71. The Labute approximate surface area is 157 Å². The molecular weight excluding hydrogens is 344 g/mol. The molecule has 0 aliphatic heterocycles. The lowest BCUT2D eigenvalue weighted by molar-refractivity contribution is 0.0740. The zero-order valence-electron chi connectivity index (χ0n) is 15.4. The summed E-state index contributed by atoms with van der Waals surface area (Å²) >= 11 is 1.66. The summed E-state index contributed by atoms with van der Waals surface area (Å²) < 4.78 is 0. The van der Waals surface area contributed by atoms with Crippen molar-refractivity contribution in [3.05, 3.63) is 63.9 Å². The molecule has 0 aliphatic carbocycles. The van der Waals surface area contributed by atoms with E-state index in [0.29, 0.717) is 11.3 Å². The van der Waals surface area contributed by atoms with Crippen LogP contribution in [-0.2, 0) is 0 Å². The van der Waals surface area contributed by atoms with Crippen molar-refractivity contribution in [2.24, 2.45) is 0 Å². The van der Waals surface area contributed by atoms with Crippen LogP contribution in [0.15, 0.2) is 42.7 Å². The Morgan fingerprint density at radius 1 is 1.19 bits per heavy atom. The second-order valence-electron chi connectivity index (χ2n) is 6.31. The minimum absolute atomic E-state index is 0.0307. The maximum Gasteiger partial charge on any atom is 0.254 e. The normalized spacial score (nSPS) is 12.0. The van der Waals surface area contributed by atoms with E-state index < -0.39 is 0 Å². The van der Waals surface area contributed by atoms with E-state index in [2.05, 4.69) is 9.97 Å². The average Bonchev–Trinajstić information content (AvgIpc) is 2.98. The van der Waals surface area contributed by atoms with Gasteiger partial charge in [0.1, 0.15) is 0 Å². The summed E-state index contributed by atoms with van der Waals surface area (Å²) in [4.78, 5) is 24.3. The predicted molar refractivity (Wildman–Crippen MR) is 106 cm³/mol. The van der Waals surface area contributed by atoms with Crippen LogP contribution in [0.5, 0.6) is 0 Å². The zero-order valence-corrected chi connectivity index (χ0v) is 16.2. The number of carbonyl (C=O) groups excluding carboxylic acids is 1. The first-order valence-corrected chi connectivity index (χ1v) is 9.21. The van der Waals surface area contributed by atoms with Crippen molar-refractivity contribution in [1.82, 2.24) is 14.9 Å². The van der Waals surface area contributed by atoms with Gasteiger partial charge in [-0.1, -0.05) is 12.1 Å². The number of hydrogen-bond donors (Lipinski definition) is 1. The highest BCUT2D eigenvalue weighted by atomic mass is 32.1. The van der Waals surface area contributed by atoms with Crippen LogP contribution < -0.4 is 5.73 Å². The first-order valence-electron chi connectivity index (χ1n) is 8.39. The molecule has 0 bridgehead atoms. The van der Waals surface area contributed by atoms with Crippen molar-refractivity contribution in [2.45, 2.75) is 26.8 Å². The van der Waals surface area contributed by atoms with Gasteiger partial charge < -0.3 is 10.6 Å². The van der Waals surface area contributed by atoms with Gasteiger partial charge in [-0.25, -0.2) is 4.98 Å².